The molecule has 50 heavy (non-hydrogen) atoms. The van der Waals surface area contributed by atoms with Gasteiger partial charge in [-0.05, 0) is 73.4 Å². The molecule has 2 heterocycles. The summed E-state index contributed by atoms with van der Waals surface area (Å²) in [6.07, 6.45) is 6.42. The highest BCUT2D eigenvalue weighted by Gasteiger charge is 2.30. The number of amides is 2. The summed E-state index contributed by atoms with van der Waals surface area (Å²) in [4.78, 5) is 65.6. The zero-order chi connectivity index (χ0) is 35.8. The van der Waals surface area contributed by atoms with Crippen molar-refractivity contribution in [2.75, 3.05) is 43.1 Å². The Morgan fingerprint density at radius 3 is 2.48 bits per heavy atom. The molecular weight excluding hydrogens is 665 g/mol. The Kier molecular flexibility index (Phi) is 12.5. The zero-order valence-corrected chi connectivity index (χ0v) is 29.4. The zero-order valence-electron chi connectivity index (χ0n) is 28.5. The highest BCUT2D eigenvalue weighted by atomic mass is 32.2. The van der Waals surface area contributed by atoms with E-state index in [1.165, 1.54) is 24.0 Å². The number of hydrogen-bond donors (Lipinski definition) is 3. The average molecular weight is 714 g/mol. The van der Waals surface area contributed by atoms with Gasteiger partial charge in [-0.25, -0.2) is 14.0 Å². The maximum Gasteiger partial charge on any atom is 0.343 e. The van der Waals surface area contributed by atoms with Crippen LogP contribution < -0.4 is 31.0 Å². The van der Waals surface area contributed by atoms with Crippen LogP contribution in [-0.2, 0) is 25.7 Å². The van der Waals surface area contributed by atoms with E-state index in [-0.39, 0.29) is 38.1 Å². The van der Waals surface area contributed by atoms with E-state index in [0.29, 0.717) is 54.9 Å². The van der Waals surface area contributed by atoms with E-state index in [0.717, 1.165) is 25.9 Å². The predicted octanol–water partition coefficient (Wildman–Crippen LogP) is 4.04. The van der Waals surface area contributed by atoms with Gasteiger partial charge in [0, 0.05) is 46.7 Å². The van der Waals surface area contributed by atoms with Gasteiger partial charge in [-0.2, -0.15) is 11.8 Å². The first-order chi connectivity index (χ1) is 24.1. The number of benzene rings is 2. The highest BCUT2D eigenvalue weighted by molar-refractivity contribution is 7.98. The van der Waals surface area contributed by atoms with Gasteiger partial charge in [0.1, 0.15) is 35.8 Å². The van der Waals surface area contributed by atoms with Crippen molar-refractivity contribution in [2.24, 2.45) is 5.92 Å². The SMILES string of the molecule is CSCCC(NC=O)C(=O)NC(CC(C)C)C(=O)Oc1ccc(COC(=O)c2cn(C3CC3)c3cc(N4CCNCC4)c(F)cc3c2=O)cc1.[HH].[HH]. The van der Waals surface area contributed by atoms with Gasteiger partial charge in [-0.3, -0.25) is 14.4 Å². The number of hydrogen-bond acceptors (Lipinski definition) is 10. The summed E-state index contributed by atoms with van der Waals surface area (Å²) < 4.78 is 28.3. The first-order valence-electron chi connectivity index (χ1n) is 16.9. The first kappa shape index (κ1) is 36.8. The molecule has 14 heteroatoms. The van der Waals surface area contributed by atoms with Gasteiger partial charge in [0.05, 0.1) is 11.2 Å². The van der Waals surface area contributed by atoms with Gasteiger partial charge in [0.2, 0.25) is 17.7 Å². The van der Waals surface area contributed by atoms with Crippen molar-refractivity contribution >= 4 is 52.6 Å². The quantitative estimate of drug-likeness (QED) is 0.113. The van der Waals surface area contributed by atoms with Crippen LogP contribution in [0.1, 0.15) is 64.3 Å². The van der Waals surface area contributed by atoms with Crippen molar-refractivity contribution in [1.82, 2.24) is 20.5 Å². The minimum absolute atomic E-state index is 0. The Balaban J connectivity index is 0.00000364. The second kappa shape index (κ2) is 17.0. The lowest BCUT2D eigenvalue weighted by molar-refractivity contribution is -0.140. The topological polar surface area (TPSA) is 148 Å². The molecule has 5 rings (SSSR count). The number of anilines is 1. The number of carbonyl (C=O) groups is 4. The largest absolute Gasteiger partial charge is 0.457 e. The van der Waals surface area contributed by atoms with E-state index in [1.54, 1.807) is 30.3 Å². The lowest BCUT2D eigenvalue weighted by Gasteiger charge is -2.30. The highest BCUT2D eigenvalue weighted by Crippen LogP contribution is 2.38. The number of rotatable bonds is 16. The molecule has 12 nitrogen and oxygen atoms in total. The van der Waals surface area contributed by atoms with Gasteiger partial charge in [-0.1, -0.05) is 26.0 Å². The van der Waals surface area contributed by atoms with Crippen LogP contribution in [0.25, 0.3) is 10.9 Å². The van der Waals surface area contributed by atoms with Crippen molar-refractivity contribution in [3.63, 3.8) is 0 Å². The van der Waals surface area contributed by atoms with Crippen molar-refractivity contribution in [3.8, 4) is 5.75 Å². The molecule has 0 bridgehead atoms. The number of pyridine rings is 1. The third kappa shape index (κ3) is 9.21. The first-order valence-corrected chi connectivity index (χ1v) is 18.3. The second-order valence-corrected chi connectivity index (χ2v) is 14.0. The molecule has 2 amide bonds. The van der Waals surface area contributed by atoms with Crippen molar-refractivity contribution in [1.29, 1.82) is 0 Å². The van der Waals surface area contributed by atoms with Gasteiger partial charge in [0.25, 0.3) is 0 Å². The molecule has 1 aliphatic heterocycles. The molecule has 2 atom stereocenters. The number of nitrogens with zero attached hydrogens (tertiary/aromatic N) is 2. The van der Waals surface area contributed by atoms with Gasteiger partial charge in [0.15, 0.2) is 0 Å². The number of carbonyl (C=O) groups excluding carboxylic acids is 4. The summed E-state index contributed by atoms with van der Waals surface area (Å²) in [7, 11) is 0. The van der Waals surface area contributed by atoms with Gasteiger partial charge in [-0.15, -0.1) is 0 Å². The Morgan fingerprint density at radius 1 is 1.12 bits per heavy atom. The number of halogens is 1. The molecule has 0 spiro atoms. The summed E-state index contributed by atoms with van der Waals surface area (Å²) in [5, 5.41) is 8.62. The molecule has 2 aliphatic rings. The fraction of sp³-hybridized carbons (Fsp3) is 0.472. The molecule has 2 unspecified atom stereocenters. The lowest BCUT2D eigenvalue weighted by Crippen LogP contribution is -2.51. The van der Waals surface area contributed by atoms with Gasteiger partial charge < -0.3 is 34.9 Å². The predicted molar refractivity (Wildman–Crippen MR) is 194 cm³/mol. The van der Waals surface area contributed by atoms with Crippen LogP contribution in [0, 0.1) is 11.7 Å². The minimum Gasteiger partial charge on any atom is -0.457 e. The van der Waals surface area contributed by atoms with Crippen LogP contribution in [0.2, 0.25) is 0 Å². The minimum atomic E-state index is -0.933. The number of fused-ring (bicyclic) bond motifs is 1. The standard InChI is InChI=1S/C36H44FN5O7S.2H2/c1-22(2)16-30(40-34(45)29(39-21-43)10-15-50-3)36(47)49-25-8-4-23(5-9-25)20-48-35(46)27-19-42(24-6-7-24)31-18-32(41-13-11-38-12-14-41)28(37)17-26(31)33(27)44;;/h4-5,8-9,17-19,21-22,24,29-30,38H,6-7,10-16,20H2,1-3H3,(H,39,43)(H,40,45);2*1H. The maximum atomic E-state index is 15.3. The van der Waals surface area contributed by atoms with Gasteiger partial charge >= 0.3 is 11.9 Å². The molecule has 1 saturated heterocycles. The monoisotopic (exact) mass is 713 g/mol. The normalized spacial score (nSPS) is 15.7. The third-order valence-corrected chi connectivity index (χ3v) is 9.38. The van der Waals surface area contributed by atoms with E-state index in [1.807, 2.05) is 29.6 Å². The summed E-state index contributed by atoms with van der Waals surface area (Å²) in [5.41, 5.74) is 0.866. The smallest absolute Gasteiger partial charge is 0.343 e. The van der Waals surface area contributed by atoms with Crippen molar-refractivity contribution < 1.29 is 35.9 Å². The number of esters is 2. The molecular formula is C36H48FN5O7S. The molecule has 272 valence electrons. The van der Waals surface area contributed by atoms with Crippen LogP contribution >= 0.6 is 11.8 Å². The summed E-state index contributed by atoms with van der Waals surface area (Å²) in [6.45, 7) is 6.47. The van der Waals surface area contributed by atoms with Crippen LogP contribution in [0.4, 0.5) is 10.1 Å². The van der Waals surface area contributed by atoms with Crippen molar-refractivity contribution in [3.05, 3.63) is 69.8 Å². The Bertz CT molecular complexity index is 1770. The molecule has 2 aromatic carbocycles. The van der Waals surface area contributed by atoms with E-state index in [9.17, 15) is 24.0 Å². The molecule has 2 fully saturated rings. The molecule has 3 N–H and O–H groups in total. The van der Waals surface area contributed by atoms with E-state index < -0.39 is 41.2 Å². The molecule has 0 radical (unpaired) electrons. The fourth-order valence-electron chi connectivity index (χ4n) is 5.94. The Hall–Kier alpha value is -4.43. The van der Waals surface area contributed by atoms with Crippen molar-refractivity contribution in [2.45, 2.75) is 64.3 Å². The van der Waals surface area contributed by atoms with E-state index >= 15 is 4.39 Å². The average Bonchev–Trinajstić information content (AvgIpc) is 3.95. The molecule has 1 aliphatic carbocycles. The van der Waals surface area contributed by atoms with Crippen LogP contribution in [0.15, 0.2) is 47.4 Å². The van der Waals surface area contributed by atoms with Crippen LogP contribution in [0.5, 0.6) is 5.75 Å². The summed E-state index contributed by atoms with van der Waals surface area (Å²) in [6, 6.07) is 7.68. The number of nitrogens with one attached hydrogen (secondary N) is 3. The number of aromatic nitrogens is 1. The number of thioether (sulfide) groups is 1. The summed E-state index contributed by atoms with van der Waals surface area (Å²) in [5.74, 6) is -1.50. The number of piperazine rings is 1. The molecule has 1 aromatic heterocycles. The number of ether oxygens (including phenoxy) is 2. The third-order valence-electron chi connectivity index (χ3n) is 8.73. The lowest BCUT2D eigenvalue weighted by atomic mass is 10.0. The van der Waals surface area contributed by atoms with Crippen LogP contribution in [0.3, 0.4) is 0 Å². The summed E-state index contributed by atoms with van der Waals surface area (Å²) >= 11 is 1.54. The Labute approximate surface area is 297 Å². The van der Waals surface area contributed by atoms with E-state index in [2.05, 4.69) is 16.0 Å². The maximum absolute atomic E-state index is 15.3. The molecule has 3 aromatic rings. The van der Waals surface area contributed by atoms with Crippen LogP contribution in [-0.4, -0.2) is 79.1 Å². The Morgan fingerprint density at radius 2 is 1.84 bits per heavy atom. The fourth-order valence-corrected chi connectivity index (χ4v) is 6.41. The van der Waals surface area contributed by atoms with E-state index in [4.69, 9.17) is 9.47 Å². The molecule has 1 saturated carbocycles. The second-order valence-electron chi connectivity index (χ2n) is 13.0.